The SMILES string of the molecule is COCC(=O)NCCCCCCOc1cccc2c1C(=O)N(C1CCC(=O)NC1=O)C2=O. The van der Waals surface area contributed by atoms with Crippen LogP contribution in [-0.2, 0) is 19.1 Å². The van der Waals surface area contributed by atoms with E-state index in [0.29, 0.717) is 18.9 Å². The highest BCUT2D eigenvalue weighted by Gasteiger charge is 2.45. The molecule has 2 N–H and O–H groups in total. The van der Waals surface area contributed by atoms with E-state index in [-0.39, 0.29) is 36.5 Å². The maximum absolute atomic E-state index is 13.0. The normalized spacial score (nSPS) is 17.9. The van der Waals surface area contributed by atoms with Crippen molar-refractivity contribution in [2.24, 2.45) is 0 Å². The van der Waals surface area contributed by atoms with Gasteiger partial charge in [0.25, 0.3) is 11.8 Å². The standard InChI is InChI=1S/C22H27N3O7/c1-31-13-18(27)23-11-4-2-3-5-12-32-16-8-6-7-14-19(16)22(30)25(21(14)29)15-9-10-17(26)24-20(15)28/h6-8,15H,2-5,9-13H2,1H3,(H,23,27)(H,24,26,28). The molecule has 1 unspecified atom stereocenters. The van der Waals surface area contributed by atoms with Crippen LogP contribution < -0.4 is 15.4 Å². The summed E-state index contributed by atoms with van der Waals surface area (Å²) in [5.74, 6) is -2.02. The molecule has 1 atom stereocenters. The Hall–Kier alpha value is -3.27. The molecule has 3 rings (SSSR count). The molecule has 32 heavy (non-hydrogen) atoms. The molecule has 10 nitrogen and oxygen atoms in total. The Labute approximate surface area is 185 Å². The van der Waals surface area contributed by atoms with Crippen LogP contribution in [0.5, 0.6) is 5.75 Å². The van der Waals surface area contributed by atoms with Crippen molar-refractivity contribution in [2.75, 3.05) is 26.9 Å². The van der Waals surface area contributed by atoms with Gasteiger partial charge in [-0.3, -0.25) is 34.2 Å². The minimum Gasteiger partial charge on any atom is -0.493 e. The summed E-state index contributed by atoms with van der Waals surface area (Å²) in [7, 11) is 1.47. The Morgan fingerprint density at radius 1 is 1.12 bits per heavy atom. The van der Waals surface area contributed by atoms with Gasteiger partial charge >= 0.3 is 0 Å². The number of methoxy groups -OCH3 is 1. The molecular weight excluding hydrogens is 418 g/mol. The first kappa shape index (κ1) is 23.4. The van der Waals surface area contributed by atoms with Gasteiger partial charge in [-0.05, 0) is 31.4 Å². The zero-order valence-electron chi connectivity index (χ0n) is 18.0. The third kappa shape index (κ3) is 5.31. The van der Waals surface area contributed by atoms with Crippen LogP contribution in [0.2, 0.25) is 0 Å². The van der Waals surface area contributed by atoms with Crippen molar-refractivity contribution in [3.8, 4) is 5.75 Å². The van der Waals surface area contributed by atoms with Crippen LogP contribution in [0, 0.1) is 0 Å². The van der Waals surface area contributed by atoms with E-state index in [1.54, 1.807) is 12.1 Å². The number of nitrogens with one attached hydrogen (secondary N) is 2. The Morgan fingerprint density at radius 3 is 2.66 bits per heavy atom. The van der Waals surface area contributed by atoms with E-state index in [9.17, 15) is 24.0 Å². The van der Waals surface area contributed by atoms with Gasteiger partial charge in [0.15, 0.2) is 0 Å². The predicted molar refractivity (Wildman–Crippen MR) is 112 cm³/mol. The molecule has 10 heteroatoms. The van der Waals surface area contributed by atoms with Crippen LogP contribution >= 0.6 is 0 Å². The second-order valence-corrected chi connectivity index (χ2v) is 7.67. The molecule has 172 valence electrons. The fourth-order valence-electron chi connectivity index (χ4n) is 3.78. The lowest BCUT2D eigenvalue weighted by molar-refractivity contribution is -0.136. The van der Waals surface area contributed by atoms with Gasteiger partial charge in [0.1, 0.15) is 18.4 Å². The molecule has 1 saturated heterocycles. The number of piperidine rings is 1. The largest absolute Gasteiger partial charge is 0.493 e. The highest BCUT2D eigenvalue weighted by Crippen LogP contribution is 2.33. The monoisotopic (exact) mass is 445 g/mol. The maximum atomic E-state index is 13.0. The fourth-order valence-corrected chi connectivity index (χ4v) is 3.78. The first-order valence-electron chi connectivity index (χ1n) is 10.7. The van der Waals surface area contributed by atoms with Crippen LogP contribution in [0.25, 0.3) is 0 Å². The van der Waals surface area contributed by atoms with Crippen molar-refractivity contribution in [1.82, 2.24) is 15.5 Å². The predicted octanol–water partition coefficient (Wildman–Crippen LogP) is 0.790. The maximum Gasteiger partial charge on any atom is 0.266 e. The van der Waals surface area contributed by atoms with Gasteiger partial charge in [-0.2, -0.15) is 0 Å². The molecule has 2 heterocycles. The fraction of sp³-hybridized carbons (Fsp3) is 0.500. The summed E-state index contributed by atoms with van der Waals surface area (Å²) < 4.78 is 10.5. The second kappa shape index (κ2) is 10.9. The Morgan fingerprint density at radius 2 is 1.91 bits per heavy atom. The number of hydrogen-bond donors (Lipinski definition) is 2. The first-order chi connectivity index (χ1) is 15.4. The van der Waals surface area contributed by atoms with Gasteiger partial charge in [0.05, 0.1) is 17.7 Å². The molecule has 2 aliphatic rings. The molecule has 0 saturated carbocycles. The average molecular weight is 445 g/mol. The summed E-state index contributed by atoms with van der Waals surface area (Å²) in [6.07, 6.45) is 3.55. The quantitative estimate of drug-likeness (QED) is 0.380. The molecule has 5 amide bonds. The van der Waals surface area contributed by atoms with Crippen molar-refractivity contribution in [3.05, 3.63) is 29.3 Å². The van der Waals surface area contributed by atoms with Crippen molar-refractivity contribution >= 4 is 29.5 Å². The third-order valence-corrected chi connectivity index (χ3v) is 5.36. The van der Waals surface area contributed by atoms with E-state index in [1.165, 1.54) is 13.2 Å². The zero-order valence-corrected chi connectivity index (χ0v) is 18.0. The molecule has 0 bridgehead atoms. The lowest BCUT2D eigenvalue weighted by atomic mass is 10.0. The highest BCUT2D eigenvalue weighted by molar-refractivity contribution is 6.24. The van der Waals surface area contributed by atoms with Gasteiger partial charge in [0, 0.05) is 20.1 Å². The number of unbranched alkanes of at least 4 members (excludes halogenated alkanes) is 3. The van der Waals surface area contributed by atoms with Crippen molar-refractivity contribution in [1.29, 1.82) is 0 Å². The summed E-state index contributed by atoms with van der Waals surface area (Å²) in [6.45, 7) is 1.01. The molecule has 0 radical (unpaired) electrons. The first-order valence-corrected chi connectivity index (χ1v) is 10.7. The number of rotatable bonds is 11. The average Bonchev–Trinajstić information content (AvgIpc) is 3.01. The summed E-state index contributed by atoms with van der Waals surface area (Å²) in [6, 6.07) is 3.79. The minimum atomic E-state index is -1.00. The lowest BCUT2D eigenvalue weighted by Gasteiger charge is -2.27. The summed E-state index contributed by atoms with van der Waals surface area (Å²) in [5.41, 5.74) is 0.354. The van der Waals surface area contributed by atoms with Gasteiger partial charge in [-0.25, -0.2) is 0 Å². The number of nitrogens with zero attached hydrogens (tertiary/aromatic N) is 1. The Kier molecular flexibility index (Phi) is 7.93. The lowest BCUT2D eigenvalue weighted by Crippen LogP contribution is -2.54. The van der Waals surface area contributed by atoms with E-state index in [2.05, 4.69) is 10.6 Å². The van der Waals surface area contributed by atoms with Gasteiger partial charge < -0.3 is 14.8 Å². The molecular formula is C22H27N3O7. The van der Waals surface area contributed by atoms with Gasteiger partial charge in [-0.15, -0.1) is 0 Å². The molecule has 0 spiro atoms. The van der Waals surface area contributed by atoms with Crippen LogP contribution in [0.3, 0.4) is 0 Å². The van der Waals surface area contributed by atoms with Crippen LogP contribution in [0.1, 0.15) is 59.2 Å². The zero-order chi connectivity index (χ0) is 23.1. The molecule has 2 aliphatic heterocycles. The number of carbonyl (C=O) groups is 5. The number of imide groups is 2. The Balaban J connectivity index is 1.50. The van der Waals surface area contributed by atoms with E-state index < -0.39 is 29.7 Å². The number of hydrogen-bond acceptors (Lipinski definition) is 7. The van der Waals surface area contributed by atoms with Crippen LogP contribution in [-0.4, -0.2) is 67.3 Å². The third-order valence-electron chi connectivity index (χ3n) is 5.36. The number of ether oxygens (including phenoxy) is 2. The van der Waals surface area contributed by atoms with E-state index >= 15 is 0 Å². The van der Waals surface area contributed by atoms with Gasteiger partial charge in [-0.1, -0.05) is 18.9 Å². The van der Waals surface area contributed by atoms with Crippen LogP contribution in [0.15, 0.2) is 18.2 Å². The summed E-state index contributed by atoms with van der Waals surface area (Å²) >= 11 is 0. The van der Waals surface area contributed by atoms with Crippen molar-refractivity contribution in [3.63, 3.8) is 0 Å². The molecule has 1 fully saturated rings. The van der Waals surface area contributed by atoms with Crippen molar-refractivity contribution < 1.29 is 33.4 Å². The summed E-state index contributed by atoms with van der Waals surface area (Å²) in [5, 5.41) is 4.94. The second-order valence-electron chi connectivity index (χ2n) is 7.67. The van der Waals surface area contributed by atoms with E-state index in [4.69, 9.17) is 9.47 Å². The number of benzene rings is 1. The molecule has 0 aliphatic carbocycles. The molecule has 0 aromatic heterocycles. The number of fused-ring (bicyclic) bond motifs is 1. The Bertz CT molecular complexity index is 915. The van der Waals surface area contributed by atoms with E-state index in [1.807, 2.05) is 0 Å². The number of amides is 5. The smallest absolute Gasteiger partial charge is 0.266 e. The van der Waals surface area contributed by atoms with E-state index in [0.717, 1.165) is 30.6 Å². The summed E-state index contributed by atoms with van der Waals surface area (Å²) in [4.78, 5) is 61.6. The minimum absolute atomic E-state index is 0.0530. The molecule has 1 aromatic rings. The highest BCUT2D eigenvalue weighted by atomic mass is 16.5. The van der Waals surface area contributed by atoms with Crippen LogP contribution in [0.4, 0.5) is 0 Å². The van der Waals surface area contributed by atoms with Crippen molar-refractivity contribution in [2.45, 2.75) is 44.6 Å². The topological polar surface area (TPSA) is 131 Å². The molecule has 1 aromatic carbocycles. The number of carbonyl (C=O) groups excluding carboxylic acids is 5. The van der Waals surface area contributed by atoms with Gasteiger partial charge in [0.2, 0.25) is 17.7 Å².